The third-order valence-electron chi connectivity index (χ3n) is 5.87. The molecule has 4 heterocycles. The van der Waals surface area contributed by atoms with Gasteiger partial charge in [-0.1, -0.05) is 18.2 Å². The topological polar surface area (TPSA) is 46.0 Å². The number of aromatic nitrogens is 3. The number of nitrogens with one attached hydrogen (secondary N) is 1. The fourth-order valence-electron chi connectivity index (χ4n) is 4.39. The van der Waals surface area contributed by atoms with Gasteiger partial charge in [-0.05, 0) is 55.0 Å². The molecule has 0 radical (unpaired) electrons. The number of para-hydroxylation sites is 1. The molecule has 1 N–H and O–H groups in total. The maximum Gasteiger partial charge on any atom is 0.223 e. The van der Waals surface area contributed by atoms with Crippen molar-refractivity contribution in [3.8, 4) is 11.3 Å². The first-order valence-electron chi connectivity index (χ1n) is 9.87. The molecule has 2 aliphatic heterocycles. The van der Waals surface area contributed by atoms with E-state index in [1.165, 1.54) is 34.9 Å². The second-order valence-electron chi connectivity index (χ2n) is 7.65. The SMILES string of the molecule is ClN1CCC(CNc2nccc(-c3cn4c5c(cccc35)CCC4)n2)CC1. The first-order valence-corrected chi connectivity index (χ1v) is 10.2. The van der Waals surface area contributed by atoms with Gasteiger partial charge in [0.2, 0.25) is 5.95 Å². The molecule has 0 amide bonds. The van der Waals surface area contributed by atoms with Gasteiger partial charge in [-0.2, -0.15) is 0 Å². The van der Waals surface area contributed by atoms with Crippen LogP contribution in [-0.2, 0) is 13.0 Å². The molecule has 6 heteroatoms. The van der Waals surface area contributed by atoms with Gasteiger partial charge in [0.15, 0.2) is 0 Å². The van der Waals surface area contributed by atoms with Crippen LogP contribution in [0.2, 0.25) is 0 Å². The fraction of sp³-hybridized carbons (Fsp3) is 0.429. The molecule has 5 rings (SSSR count). The van der Waals surface area contributed by atoms with E-state index in [-0.39, 0.29) is 0 Å². The highest BCUT2D eigenvalue weighted by Gasteiger charge is 2.19. The van der Waals surface area contributed by atoms with Crippen molar-refractivity contribution < 1.29 is 0 Å². The fourth-order valence-corrected chi connectivity index (χ4v) is 4.59. The number of anilines is 1. The number of aryl methyl sites for hydroxylation is 2. The maximum absolute atomic E-state index is 6.05. The van der Waals surface area contributed by atoms with E-state index in [0.29, 0.717) is 11.9 Å². The summed E-state index contributed by atoms with van der Waals surface area (Å²) in [6.07, 6.45) is 8.73. The first kappa shape index (κ1) is 17.0. The molecular weight excluding hydrogens is 358 g/mol. The van der Waals surface area contributed by atoms with Gasteiger partial charge in [-0.3, -0.25) is 0 Å². The van der Waals surface area contributed by atoms with Crippen LogP contribution in [-0.4, -0.2) is 38.6 Å². The minimum atomic E-state index is 0.630. The van der Waals surface area contributed by atoms with Crippen LogP contribution in [0.4, 0.5) is 5.95 Å². The lowest BCUT2D eigenvalue weighted by Gasteiger charge is -2.26. The van der Waals surface area contributed by atoms with Gasteiger partial charge in [0.25, 0.3) is 0 Å². The van der Waals surface area contributed by atoms with Crippen molar-refractivity contribution in [3.05, 3.63) is 42.2 Å². The smallest absolute Gasteiger partial charge is 0.223 e. The van der Waals surface area contributed by atoms with Gasteiger partial charge >= 0.3 is 0 Å². The van der Waals surface area contributed by atoms with Crippen LogP contribution < -0.4 is 5.32 Å². The predicted octanol–water partition coefficient (Wildman–Crippen LogP) is 4.32. The molecule has 0 unspecified atom stereocenters. The molecule has 1 fully saturated rings. The highest BCUT2D eigenvalue weighted by Crippen LogP contribution is 2.34. The normalized spacial score (nSPS) is 18.1. The first-order chi connectivity index (χ1) is 13.3. The Morgan fingerprint density at radius 2 is 2.04 bits per heavy atom. The summed E-state index contributed by atoms with van der Waals surface area (Å²) in [4.78, 5) is 9.25. The zero-order valence-electron chi connectivity index (χ0n) is 15.4. The van der Waals surface area contributed by atoms with Crippen LogP contribution in [0.15, 0.2) is 36.7 Å². The quantitative estimate of drug-likeness (QED) is 0.683. The molecule has 1 aromatic carbocycles. The Morgan fingerprint density at radius 3 is 2.93 bits per heavy atom. The van der Waals surface area contributed by atoms with Crippen LogP contribution in [0.3, 0.4) is 0 Å². The van der Waals surface area contributed by atoms with Crippen molar-refractivity contribution >= 4 is 28.6 Å². The summed E-state index contributed by atoms with van der Waals surface area (Å²) < 4.78 is 4.27. The molecule has 0 bridgehead atoms. The Labute approximate surface area is 164 Å². The molecule has 3 aromatic rings. The lowest BCUT2D eigenvalue weighted by atomic mass is 9.98. The third-order valence-corrected chi connectivity index (χ3v) is 6.21. The number of hydrogen-bond acceptors (Lipinski definition) is 4. The molecule has 2 aliphatic rings. The van der Waals surface area contributed by atoms with Crippen LogP contribution in [0.5, 0.6) is 0 Å². The number of rotatable bonds is 4. The van der Waals surface area contributed by atoms with E-state index in [1.807, 2.05) is 16.7 Å². The highest BCUT2D eigenvalue weighted by molar-refractivity contribution is 6.13. The zero-order valence-corrected chi connectivity index (χ0v) is 16.1. The summed E-state index contributed by atoms with van der Waals surface area (Å²) in [7, 11) is 0. The summed E-state index contributed by atoms with van der Waals surface area (Å²) in [5.41, 5.74) is 5.02. The molecule has 0 spiro atoms. The van der Waals surface area contributed by atoms with Crippen LogP contribution >= 0.6 is 11.8 Å². The molecular formula is C21H24ClN5. The third kappa shape index (κ3) is 3.30. The van der Waals surface area contributed by atoms with E-state index in [2.05, 4.69) is 39.3 Å². The van der Waals surface area contributed by atoms with Crippen molar-refractivity contribution in [2.45, 2.75) is 32.2 Å². The van der Waals surface area contributed by atoms with Gasteiger partial charge < -0.3 is 9.88 Å². The van der Waals surface area contributed by atoms with E-state index in [1.54, 1.807) is 0 Å². The van der Waals surface area contributed by atoms with Crippen molar-refractivity contribution in [1.82, 2.24) is 19.0 Å². The van der Waals surface area contributed by atoms with Crippen molar-refractivity contribution in [3.63, 3.8) is 0 Å². The second kappa shape index (κ2) is 7.13. The average Bonchev–Trinajstić information content (AvgIpc) is 3.09. The summed E-state index contributed by atoms with van der Waals surface area (Å²) in [5, 5.41) is 4.74. The molecule has 1 saturated heterocycles. The molecule has 2 aromatic heterocycles. The van der Waals surface area contributed by atoms with Crippen molar-refractivity contribution in [2.24, 2.45) is 5.92 Å². The molecule has 27 heavy (non-hydrogen) atoms. The van der Waals surface area contributed by atoms with Gasteiger partial charge in [-0.25, -0.2) is 14.4 Å². The van der Waals surface area contributed by atoms with E-state index in [9.17, 15) is 0 Å². The molecule has 140 valence electrons. The Kier molecular flexibility index (Phi) is 4.50. The Bertz CT molecular complexity index is 958. The number of hydrogen-bond donors (Lipinski definition) is 1. The minimum absolute atomic E-state index is 0.630. The van der Waals surface area contributed by atoms with Gasteiger partial charge in [-0.15, -0.1) is 0 Å². The number of halogens is 1. The largest absolute Gasteiger partial charge is 0.354 e. The standard InChI is InChI=1S/C21H24ClN5/c22-27-11-7-15(8-12-27)13-24-21-23-9-6-19(25-21)18-14-26-10-2-4-16-3-1-5-17(18)20(16)26/h1,3,5-6,9,14-15H,2,4,7-8,10-13H2,(H,23,24,25). The second-order valence-corrected chi connectivity index (χ2v) is 8.13. The van der Waals surface area contributed by atoms with E-state index >= 15 is 0 Å². The lowest BCUT2D eigenvalue weighted by Crippen LogP contribution is -2.30. The van der Waals surface area contributed by atoms with Crippen molar-refractivity contribution in [1.29, 1.82) is 0 Å². The molecule has 0 saturated carbocycles. The lowest BCUT2D eigenvalue weighted by molar-refractivity contribution is 0.293. The average molecular weight is 382 g/mol. The van der Waals surface area contributed by atoms with E-state index in [0.717, 1.165) is 44.7 Å². The van der Waals surface area contributed by atoms with Gasteiger partial charge in [0, 0.05) is 49.5 Å². The van der Waals surface area contributed by atoms with Crippen LogP contribution in [0.25, 0.3) is 22.2 Å². The summed E-state index contributed by atoms with van der Waals surface area (Å²) in [6, 6.07) is 8.65. The van der Waals surface area contributed by atoms with E-state index in [4.69, 9.17) is 16.8 Å². The van der Waals surface area contributed by atoms with E-state index < -0.39 is 0 Å². The zero-order chi connectivity index (χ0) is 18.2. The summed E-state index contributed by atoms with van der Waals surface area (Å²) in [6.45, 7) is 3.90. The highest BCUT2D eigenvalue weighted by atomic mass is 35.5. The van der Waals surface area contributed by atoms with Gasteiger partial charge in [0.05, 0.1) is 11.2 Å². The predicted molar refractivity (Wildman–Crippen MR) is 110 cm³/mol. The summed E-state index contributed by atoms with van der Waals surface area (Å²) >= 11 is 6.05. The number of nitrogens with zero attached hydrogens (tertiary/aromatic N) is 4. The number of piperidine rings is 1. The molecule has 0 atom stereocenters. The maximum atomic E-state index is 6.05. The monoisotopic (exact) mass is 381 g/mol. The Morgan fingerprint density at radius 1 is 1.15 bits per heavy atom. The Balaban J connectivity index is 1.40. The minimum Gasteiger partial charge on any atom is -0.354 e. The molecule has 0 aliphatic carbocycles. The van der Waals surface area contributed by atoms with Crippen LogP contribution in [0, 0.1) is 5.92 Å². The Hall–Kier alpha value is -2.11. The van der Waals surface area contributed by atoms with Crippen LogP contribution in [0.1, 0.15) is 24.8 Å². The molecule has 5 nitrogen and oxygen atoms in total. The van der Waals surface area contributed by atoms with Crippen molar-refractivity contribution in [2.75, 3.05) is 25.0 Å². The summed E-state index contributed by atoms with van der Waals surface area (Å²) in [5.74, 6) is 1.35. The number of benzene rings is 1. The van der Waals surface area contributed by atoms with Gasteiger partial charge in [0.1, 0.15) is 0 Å².